The molecular weight excluding hydrogens is 270 g/mol. The zero-order chi connectivity index (χ0) is 13.9. The second-order valence-electron chi connectivity index (χ2n) is 3.91. The summed E-state index contributed by atoms with van der Waals surface area (Å²) >= 11 is 0. The van der Waals surface area contributed by atoms with Gasteiger partial charge in [-0.2, -0.15) is 0 Å². The Labute approximate surface area is 110 Å². The molecule has 9 heteroatoms. The van der Waals surface area contributed by atoms with Gasteiger partial charge in [0.05, 0.1) is 12.7 Å². The molecular formula is C10H13N5O3S. The van der Waals surface area contributed by atoms with Gasteiger partial charge in [0, 0.05) is 20.3 Å². The molecule has 1 N–H and O–H groups in total. The Hall–Kier alpha value is -2.00. The van der Waals surface area contributed by atoms with E-state index < -0.39 is 10.0 Å². The van der Waals surface area contributed by atoms with Gasteiger partial charge in [-0.25, -0.2) is 23.1 Å². The van der Waals surface area contributed by atoms with Crippen molar-refractivity contribution in [1.29, 1.82) is 0 Å². The van der Waals surface area contributed by atoms with E-state index in [1.807, 2.05) is 14.1 Å². The van der Waals surface area contributed by atoms with Crippen molar-refractivity contribution in [3.8, 4) is 0 Å². The Bertz CT molecular complexity index is 639. The van der Waals surface area contributed by atoms with Crippen molar-refractivity contribution in [2.75, 3.05) is 19.0 Å². The lowest BCUT2D eigenvalue weighted by Crippen LogP contribution is -2.24. The minimum Gasteiger partial charge on any atom is -0.363 e. The summed E-state index contributed by atoms with van der Waals surface area (Å²) in [7, 11) is 0.0333. The van der Waals surface area contributed by atoms with Gasteiger partial charge in [-0.1, -0.05) is 5.16 Å². The first-order valence-electron chi connectivity index (χ1n) is 5.37. The Kier molecular flexibility index (Phi) is 3.76. The highest BCUT2D eigenvalue weighted by Crippen LogP contribution is 2.08. The molecule has 0 saturated heterocycles. The van der Waals surface area contributed by atoms with Crippen molar-refractivity contribution in [3.63, 3.8) is 0 Å². The summed E-state index contributed by atoms with van der Waals surface area (Å²) in [6.07, 6.45) is 3.75. The molecule has 0 aliphatic carbocycles. The van der Waals surface area contributed by atoms with Gasteiger partial charge in [0.25, 0.3) is 0 Å². The third-order valence-electron chi connectivity index (χ3n) is 2.29. The van der Waals surface area contributed by atoms with Crippen LogP contribution in [0.1, 0.15) is 5.82 Å². The number of nitrogens with zero attached hydrogens (tertiary/aromatic N) is 4. The van der Waals surface area contributed by atoms with Gasteiger partial charge in [0.1, 0.15) is 22.8 Å². The maximum atomic E-state index is 11.8. The highest BCUT2D eigenvalue weighted by molar-refractivity contribution is 7.89. The zero-order valence-corrected chi connectivity index (χ0v) is 11.3. The summed E-state index contributed by atoms with van der Waals surface area (Å²) in [5.74, 6) is 1.08. The molecule has 102 valence electrons. The first-order chi connectivity index (χ1) is 8.99. The van der Waals surface area contributed by atoms with Crippen LogP contribution in [0.25, 0.3) is 0 Å². The molecule has 0 amide bonds. The SMILES string of the molecule is CN(C)c1ccnc(CNS(=O)(=O)c2cnoc2)n1. The number of aromatic nitrogens is 3. The molecule has 0 fully saturated rings. The van der Waals surface area contributed by atoms with E-state index in [2.05, 4.69) is 24.4 Å². The van der Waals surface area contributed by atoms with Crippen molar-refractivity contribution >= 4 is 15.8 Å². The van der Waals surface area contributed by atoms with Crippen molar-refractivity contribution in [2.24, 2.45) is 0 Å². The van der Waals surface area contributed by atoms with E-state index in [1.165, 1.54) is 0 Å². The van der Waals surface area contributed by atoms with Gasteiger partial charge in [-0.05, 0) is 6.07 Å². The van der Waals surface area contributed by atoms with Crippen LogP contribution in [0.4, 0.5) is 5.82 Å². The zero-order valence-electron chi connectivity index (χ0n) is 10.4. The molecule has 0 unspecified atom stereocenters. The Morgan fingerprint density at radius 3 is 2.84 bits per heavy atom. The standard InChI is InChI=1S/C10H13N5O3S/c1-15(2)10-3-4-11-9(14-10)6-13-19(16,17)8-5-12-18-7-8/h3-5,7,13H,6H2,1-2H3. The minimum absolute atomic E-state index is 0.00477. The van der Waals surface area contributed by atoms with Crippen LogP contribution in [0, 0.1) is 0 Å². The molecule has 2 heterocycles. The third-order valence-corrected chi connectivity index (χ3v) is 3.64. The van der Waals surface area contributed by atoms with Gasteiger partial charge in [0.15, 0.2) is 0 Å². The van der Waals surface area contributed by atoms with Crippen molar-refractivity contribution in [1.82, 2.24) is 19.8 Å². The summed E-state index contributed by atoms with van der Waals surface area (Å²) in [4.78, 5) is 9.98. The number of hydrogen-bond donors (Lipinski definition) is 1. The molecule has 0 atom stereocenters. The lowest BCUT2D eigenvalue weighted by atomic mass is 10.5. The highest BCUT2D eigenvalue weighted by atomic mass is 32.2. The molecule has 0 saturated carbocycles. The van der Waals surface area contributed by atoms with Crippen LogP contribution in [0.15, 0.2) is 34.1 Å². The van der Waals surface area contributed by atoms with E-state index in [9.17, 15) is 8.42 Å². The monoisotopic (exact) mass is 283 g/mol. The normalized spacial score (nSPS) is 11.5. The van der Waals surface area contributed by atoms with E-state index in [4.69, 9.17) is 0 Å². The summed E-state index contributed by atoms with van der Waals surface area (Å²) < 4.78 is 30.5. The fourth-order valence-corrected chi connectivity index (χ4v) is 2.13. The van der Waals surface area contributed by atoms with Gasteiger partial charge >= 0.3 is 0 Å². The second-order valence-corrected chi connectivity index (χ2v) is 5.68. The summed E-state index contributed by atoms with van der Waals surface area (Å²) in [5, 5.41) is 3.35. The van der Waals surface area contributed by atoms with E-state index in [-0.39, 0.29) is 11.4 Å². The summed E-state index contributed by atoms with van der Waals surface area (Å²) in [6.45, 7) is -0.00477. The van der Waals surface area contributed by atoms with Crippen molar-refractivity contribution < 1.29 is 12.9 Å². The Morgan fingerprint density at radius 1 is 1.42 bits per heavy atom. The first kappa shape index (κ1) is 13.4. The molecule has 0 aliphatic heterocycles. The van der Waals surface area contributed by atoms with Crippen LogP contribution in [0.3, 0.4) is 0 Å². The Morgan fingerprint density at radius 2 is 2.21 bits per heavy atom. The van der Waals surface area contributed by atoms with E-state index in [1.54, 1.807) is 17.2 Å². The molecule has 0 aromatic carbocycles. The van der Waals surface area contributed by atoms with E-state index in [0.717, 1.165) is 12.5 Å². The number of nitrogens with one attached hydrogen (secondary N) is 1. The van der Waals surface area contributed by atoms with Gasteiger partial charge in [0.2, 0.25) is 10.0 Å². The smallest absolute Gasteiger partial charge is 0.245 e. The molecule has 2 rings (SSSR count). The van der Waals surface area contributed by atoms with Crippen molar-refractivity contribution in [3.05, 3.63) is 30.5 Å². The molecule has 0 spiro atoms. The maximum Gasteiger partial charge on any atom is 0.245 e. The Balaban J connectivity index is 2.09. The predicted molar refractivity (Wildman–Crippen MR) is 66.9 cm³/mol. The number of hydrogen-bond acceptors (Lipinski definition) is 7. The van der Waals surface area contributed by atoms with Crippen LogP contribution in [0.2, 0.25) is 0 Å². The van der Waals surface area contributed by atoms with Crippen LogP contribution < -0.4 is 9.62 Å². The predicted octanol–water partition coefficient (Wildman–Crippen LogP) is 0.00910. The fraction of sp³-hybridized carbons (Fsp3) is 0.300. The number of rotatable bonds is 5. The molecule has 0 radical (unpaired) electrons. The van der Waals surface area contributed by atoms with Crippen LogP contribution in [0.5, 0.6) is 0 Å². The summed E-state index contributed by atoms with van der Waals surface area (Å²) in [5.41, 5.74) is 0. The largest absolute Gasteiger partial charge is 0.363 e. The molecule has 2 aromatic rings. The lowest BCUT2D eigenvalue weighted by molar-refractivity contribution is 0.417. The highest BCUT2D eigenvalue weighted by Gasteiger charge is 2.16. The molecule has 0 bridgehead atoms. The van der Waals surface area contributed by atoms with Crippen LogP contribution >= 0.6 is 0 Å². The molecule has 2 aromatic heterocycles. The average molecular weight is 283 g/mol. The fourth-order valence-electron chi connectivity index (χ4n) is 1.29. The van der Waals surface area contributed by atoms with Gasteiger partial charge < -0.3 is 9.42 Å². The van der Waals surface area contributed by atoms with Gasteiger partial charge in [-0.3, -0.25) is 0 Å². The summed E-state index contributed by atoms with van der Waals surface area (Å²) in [6, 6.07) is 1.73. The number of sulfonamides is 1. The lowest BCUT2D eigenvalue weighted by Gasteiger charge is -2.11. The molecule has 19 heavy (non-hydrogen) atoms. The maximum absolute atomic E-state index is 11.8. The first-order valence-corrected chi connectivity index (χ1v) is 6.85. The molecule has 8 nitrogen and oxygen atoms in total. The minimum atomic E-state index is -3.65. The topological polar surface area (TPSA) is 101 Å². The average Bonchev–Trinajstić information content (AvgIpc) is 2.91. The second kappa shape index (κ2) is 5.33. The van der Waals surface area contributed by atoms with Crippen LogP contribution in [-0.2, 0) is 16.6 Å². The quantitative estimate of drug-likeness (QED) is 0.824. The van der Waals surface area contributed by atoms with Crippen molar-refractivity contribution in [2.45, 2.75) is 11.4 Å². The number of anilines is 1. The van der Waals surface area contributed by atoms with E-state index in [0.29, 0.717) is 11.6 Å². The van der Waals surface area contributed by atoms with Crippen LogP contribution in [-0.4, -0.2) is 37.6 Å². The molecule has 0 aliphatic rings. The third kappa shape index (κ3) is 3.26. The van der Waals surface area contributed by atoms with E-state index >= 15 is 0 Å². The van der Waals surface area contributed by atoms with Gasteiger partial charge in [-0.15, -0.1) is 0 Å².